The molecular formula is C14H12F3NO2. The van der Waals surface area contributed by atoms with Crippen molar-refractivity contribution >= 4 is 5.69 Å². The van der Waals surface area contributed by atoms with Crippen molar-refractivity contribution < 1.29 is 23.0 Å². The fourth-order valence-corrected chi connectivity index (χ4v) is 1.71. The number of hydrogen-bond acceptors (Lipinski definition) is 3. The van der Waals surface area contributed by atoms with Gasteiger partial charge in [-0.15, -0.1) is 0 Å². The largest absolute Gasteiger partial charge is 0.504 e. The number of rotatable bonds is 4. The Hall–Kier alpha value is -2.37. The van der Waals surface area contributed by atoms with Gasteiger partial charge in [0.25, 0.3) is 0 Å². The molecule has 0 radical (unpaired) electrons. The first-order chi connectivity index (χ1) is 9.52. The molecule has 0 aliphatic carbocycles. The van der Waals surface area contributed by atoms with Crippen molar-refractivity contribution in [3.05, 3.63) is 53.3 Å². The van der Waals surface area contributed by atoms with Gasteiger partial charge in [0.1, 0.15) is 0 Å². The second kappa shape index (κ2) is 5.73. The highest BCUT2D eigenvalue weighted by atomic mass is 19.2. The highest BCUT2D eigenvalue weighted by molar-refractivity contribution is 5.47. The zero-order valence-electron chi connectivity index (χ0n) is 10.6. The highest BCUT2D eigenvalue weighted by Crippen LogP contribution is 2.27. The minimum atomic E-state index is -1.52. The van der Waals surface area contributed by atoms with E-state index in [-0.39, 0.29) is 18.0 Å². The van der Waals surface area contributed by atoms with Crippen LogP contribution >= 0.6 is 0 Å². The number of benzene rings is 2. The molecule has 0 fully saturated rings. The lowest BCUT2D eigenvalue weighted by molar-refractivity contribution is 0.373. The standard InChI is InChI=1S/C14H12F3NO2/c1-20-12-5-2-8(6-11(12)19)7-18-10-4-3-9(15)13(16)14(10)17/h2-6,18-19H,7H2,1H3. The number of aromatic hydroxyl groups is 1. The molecule has 0 aromatic heterocycles. The minimum absolute atomic E-state index is 0.0578. The first-order valence-corrected chi connectivity index (χ1v) is 5.76. The second-order valence-electron chi connectivity index (χ2n) is 4.08. The Morgan fingerprint density at radius 3 is 2.50 bits per heavy atom. The fourth-order valence-electron chi connectivity index (χ4n) is 1.71. The molecule has 2 aromatic carbocycles. The molecule has 0 saturated heterocycles. The van der Waals surface area contributed by atoms with Gasteiger partial charge in [0.05, 0.1) is 12.8 Å². The molecule has 6 heteroatoms. The molecule has 2 rings (SSSR count). The summed E-state index contributed by atoms with van der Waals surface area (Å²) in [5, 5.41) is 12.2. The van der Waals surface area contributed by atoms with Gasteiger partial charge in [-0.2, -0.15) is 0 Å². The lowest BCUT2D eigenvalue weighted by Gasteiger charge is -2.10. The van der Waals surface area contributed by atoms with Crippen LogP contribution in [0.4, 0.5) is 18.9 Å². The van der Waals surface area contributed by atoms with Crippen molar-refractivity contribution in [1.82, 2.24) is 0 Å². The van der Waals surface area contributed by atoms with E-state index in [1.54, 1.807) is 12.1 Å². The fraction of sp³-hybridized carbons (Fsp3) is 0.143. The Labute approximate surface area is 113 Å². The van der Waals surface area contributed by atoms with Gasteiger partial charge in [-0.25, -0.2) is 13.2 Å². The maximum Gasteiger partial charge on any atom is 0.196 e. The van der Waals surface area contributed by atoms with Crippen molar-refractivity contribution in [2.45, 2.75) is 6.54 Å². The molecule has 20 heavy (non-hydrogen) atoms. The van der Waals surface area contributed by atoms with E-state index in [0.717, 1.165) is 12.1 Å². The summed E-state index contributed by atoms with van der Waals surface area (Å²) >= 11 is 0. The molecule has 0 saturated carbocycles. The van der Waals surface area contributed by atoms with Crippen LogP contribution in [0.5, 0.6) is 11.5 Å². The summed E-state index contributed by atoms with van der Waals surface area (Å²) in [4.78, 5) is 0. The number of methoxy groups -OCH3 is 1. The Kier molecular flexibility index (Phi) is 4.02. The van der Waals surface area contributed by atoms with Crippen LogP contribution in [0.3, 0.4) is 0 Å². The number of halogens is 3. The third-order valence-electron chi connectivity index (χ3n) is 2.76. The Morgan fingerprint density at radius 2 is 1.85 bits per heavy atom. The normalized spacial score (nSPS) is 10.4. The predicted octanol–water partition coefficient (Wildman–Crippen LogP) is 3.43. The van der Waals surface area contributed by atoms with Gasteiger partial charge in [0.15, 0.2) is 29.0 Å². The monoisotopic (exact) mass is 283 g/mol. The van der Waals surface area contributed by atoms with E-state index in [4.69, 9.17) is 4.74 Å². The molecule has 2 N–H and O–H groups in total. The number of phenolic OH excluding ortho intramolecular Hbond substituents is 1. The van der Waals surface area contributed by atoms with Crippen molar-refractivity contribution in [3.63, 3.8) is 0 Å². The van der Waals surface area contributed by atoms with Crippen LogP contribution in [0, 0.1) is 17.5 Å². The van der Waals surface area contributed by atoms with E-state index in [2.05, 4.69) is 5.32 Å². The van der Waals surface area contributed by atoms with Crippen LogP contribution in [0.1, 0.15) is 5.56 Å². The van der Waals surface area contributed by atoms with E-state index in [1.165, 1.54) is 13.2 Å². The van der Waals surface area contributed by atoms with Crippen LogP contribution in [-0.4, -0.2) is 12.2 Å². The smallest absolute Gasteiger partial charge is 0.196 e. The summed E-state index contributed by atoms with van der Waals surface area (Å²) < 4.78 is 44.1. The Morgan fingerprint density at radius 1 is 1.10 bits per heavy atom. The summed E-state index contributed by atoms with van der Waals surface area (Å²) in [6.07, 6.45) is 0. The molecule has 106 valence electrons. The Balaban J connectivity index is 2.13. The molecule has 0 atom stereocenters. The van der Waals surface area contributed by atoms with Crippen LogP contribution < -0.4 is 10.1 Å². The van der Waals surface area contributed by atoms with E-state index >= 15 is 0 Å². The summed E-state index contributed by atoms with van der Waals surface area (Å²) in [6, 6.07) is 6.59. The summed E-state index contributed by atoms with van der Waals surface area (Å²) in [7, 11) is 1.42. The van der Waals surface area contributed by atoms with Crippen molar-refractivity contribution in [2.75, 3.05) is 12.4 Å². The summed E-state index contributed by atoms with van der Waals surface area (Å²) in [5.41, 5.74) is 0.478. The molecule has 3 nitrogen and oxygen atoms in total. The molecule has 0 spiro atoms. The van der Waals surface area contributed by atoms with Crippen molar-refractivity contribution in [1.29, 1.82) is 0 Å². The third-order valence-corrected chi connectivity index (χ3v) is 2.76. The average molecular weight is 283 g/mol. The molecule has 0 heterocycles. The number of nitrogens with one attached hydrogen (secondary N) is 1. The minimum Gasteiger partial charge on any atom is -0.504 e. The maximum atomic E-state index is 13.4. The van der Waals surface area contributed by atoms with Gasteiger partial charge in [0.2, 0.25) is 0 Å². The molecule has 0 unspecified atom stereocenters. The molecule has 0 amide bonds. The van der Waals surface area contributed by atoms with Gasteiger partial charge in [-0.1, -0.05) is 6.07 Å². The zero-order valence-corrected chi connectivity index (χ0v) is 10.6. The number of hydrogen-bond donors (Lipinski definition) is 2. The molecule has 0 aliphatic heterocycles. The number of phenols is 1. The Bertz CT molecular complexity index is 632. The SMILES string of the molecule is COc1ccc(CNc2ccc(F)c(F)c2F)cc1O. The molecule has 2 aromatic rings. The van der Waals surface area contributed by atoms with E-state index in [0.29, 0.717) is 11.3 Å². The lowest BCUT2D eigenvalue weighted by atomic mass is 10.2. The molecule has 0 aliphatic rings. The van der Waals surface area contributed by atoms with Crippen LogP contribution in [0.25, 0.3) is 0 Å². The van der Waals surface area contributed by atoms with E-state index in [9.17, 15) is 18.3 Å². The summed E-state index contributed by atoms with van der Waals surface area (Å²) in [5.74, 6) is -3.78. The maximum absolute atomic E-state index is 13.4. The molecular weight excluding hydrogens is 271 g/mol. The zero-order chi connectivity index (χ0) is 14.7. The van der Waals surface area contributed by atoms with Gasteiger partial charge in [-0.05, 0) is 29.8 Å². The second-order valence-corrected chi connectivity index (χ2v) is 4.08. The van der Waals surface area contributed by atoms with Crippen LogP contribution in [0.2, 0.25) is 0 Å². The average Bonchev–Trinajstić information content (AvgIpc) is 2.44. The predicted molar refractivity (Wildman–Crippen MR) is 68.3 cm³/mol. The highest BCUT2D eigenvalue weighted by Gasteiger charge is 2.13. The van der Waals surface area contributed by atoms with E-state index < -0.39 is 17.5 Å². The lowest BCUT2D eigenvalue weighted by Crippen LogP contribution is -2.04. The first-order valence-electron chi connectivity index (χ1n) is 5.76. The van der Waals surface area contributed by atoms with E-state index in [1.807, 2.05) is 0 Å². The molecule has 0 bridgehead atoms. The van der Waals surface area contributed by atoms with Gasteiger partial charge >= 0.3 is 0 Å². The van der Waals surface area contributed by atoms with Crippen LogP contribution in [0.15, 0.2) is 30.3 Å². The van der Waals surface area contributed by atoms with Crippen LogP contribution in [-0.2, 0) is 6.54 Å². The number of anilines is 1. The summed E-state index contributed by atoms with van der Waals surface area (Å²) in [6.45, 7) is 0.138. The van der Waals surface area contributed by atoms with Crippen molar-refractivity contribution in [3.8, 4) is 11.5 Å². The quantitative estimate of drug-likeness (QED) is 0.845. The van der Waals surface area contributed by atoms with Gasteiger partial charge < -0.3 is 15.2 Å². The number of ether oxygens (including phenoxy) is 1. The van der Waals surface area contributed by atoms with Gasteiger partial charge in [-0.3, -0.25) is 0 Å². The first kappa shape index (κ1) is 14.0. The topological polar surface area (TPSA) is 41.5 Å². The van der Waals surface area contributed by atoms with Gasteiger partial charge in [0, 0.05) is 6.54 Å². The van der Waals surface area contributed by atoms with Crippen molar-refractivity contribution in [2.24, 2.45) is 0 Å². The third kappa shape index (κ3) is 2.79.